The highest BCUT2D eigenvalue weighted by molar-refractivity contribution is 6.29. The summed E-state index contributed by atoms with van der Waals surface area (Å²) in [5.41, 5.74) is 15.0. The van der Waals surface area contributed by atoms with Crippen molar-refractivity contribution in [1.29, 1.82) is 0 Å². The fraction of sp³-hybridized carbons (Fsp3) is 0. The van der Waals surface area contributed by atoms with Gasteiger partial charge in [-0.2, -0.15) is 9.97 Å². The van der Waals surface area contributed by atoms with E-state index in [-0.39, 0.29) is 0 Å². The second-order valence-corrected chi connectivity index (χ2v) is 17.6. The monoisotopic (exact) mass is 880 g/mol. The van der Waals surface area contributed by atoms with E-state index >= 15 is 0 Å². The number of nitrogens with zero attached hydrogens (tertiary/aromatic N) is 6. The molecule has 0 unspecified atom stereocenters. The molecule has 4 heterocycles. The van der Waals surface area contributed by atoms with Gasteiger partial charge in [0, 0.05) is 49.1 Å². The van der Waals surface area contributed by atoms with E-state index in [2.05, 4.69) is 232 Å². The zero-order valence-corrected chi connectivity index (χ0v) is 37.3. The molecule has 0 spiro atoms. The van der Waals surface area contributed by atoms with Crippen LogP contribution in [0.4, 0.5) is 0 Å². The lowest BCUT2D eigenvalue weighted by molar-refractivity contribution is 0.955. The van der Waals surface area contributed by atoms with Crippen molar-refractivity contribution in [3.05, 3.63) is 243 Å². The van der Waals surface area contributed by atoms with Crippen molar-refractivity contribution < 1.29 is 0 Å². The molecule has 0 fully saturated rings. The molecule has 4 aromatic heterocycles. The Morgan fingerprint density at radius 2 is 0.696 bits per heavy atom. The molecular formula is C63H40N6. The first-order valence-corrected chi connectivity index (χ1v) is 23.4. The van der Waals surface area contributed by atoms with Crippen molar-refractivity contribution in [2.45, 2.75) is 0 Å². The van der Waals surface area contributed by atoms with Gasteiger partial charge in [0.25, 0.3) is 0 Å². The SMILES string of the molecule is c1ccc(-c2ccc(-n3c4ccccc4c4c3cc(-n3c5ccccc5c5ccccc53)c3c5ccccc5n(-c5nc(-c6ccccc6)nc(-c6cccc(-c7ccccc7)c6)n5)c34)cc2)cc1. The zero-order valence-electron chi connectivity index (χ0n) is 37.3. The summed E-state index contributed by atoms with van der Waals surface area (Å²) in [7, 11) is 0. The Morgan fingerprint density at radius 1 is 0.261 bits per heavy atom. The second kappa shape index (κ2) is 15.6. The lowest BCUT2D eigenvalue weighted by atomic mass is 10.0. The summed E-state index contributed by atoms with van der Waals surface area (Å²) in [6.45, 7) is 0. The molecule has 0 amide bonds. The minimum Gasteiger partial charge on any atom is -0.309 e. The van der Waals surface area contributed by atoms with Crippen LogP contribution in [-0.2, 0) is 0 Å². The van der Waals surface area contributed by atoms with Gasteiger partial charge in [0.2, 0.25) is 5.95 Å². The first-order valence-electron chi connectivity index (χ1n) is 23.4. The summed E-state index contributed by atoms with van der Waals surface area (Å²) in [5.74, 6) is 1.74. The molecule has 0 radical (unpaired) electrons. The highest BCUT2D eigenvalue weighted by atomic mass is 15.2. The van der Waals surface area contributed by atoms with Crippen molar-refractivity contribution in [1.82, 2.24) is 28.7 Å². The summed E-state index contributed by atoms with van der Waals surface area (Å²) in [6, 6.07) is 86.3. The molecule has 69 heavy (non-hydrogen) atoms. The number of fused-ring (bicyclic) bond motifs is 10. The third-order valence-electron chi connectivity index (χ3n) is 13.7. The van der Waals surface area contributed by atoms with Crippen molar-refractivity contribution in [2.75, 3.05) is 0 Å². The van der Waals surface area contributed by atoms with E-state index in [0.29, 0.717) is 17.6 Å². The third-order valence-corrected chi connectivity index (χ3v) is 13.7. The van der Waals surface area contributed by atoms with Crippen LogP contribution in [0.25, 0.3) is 128 Å². The van der Waals surface area contributed by atoms with Gasteiger partial charge in [-0.25, -0.2) is 4.98 Å². The standard InChI is InChI=1S/C63H40N6/c1-4-19-41(20-5-1)43-35-37-47(38-36-43)67-54-33-16-12-29-50(54)58-56(67)40-57(68-52-31-14-10-27-48(52)49-28-11-15-32-53(49)68)59-51-30-13-17-34-55(51)69(60(58)59)63-65-61(44-23-8-3-9-24-44)64-62(66-63)46-26-18-25-45(39-46)42-21-6-2-7-22-42/h1-40H. The Kier molecular flexibility index (Phi) is 8.79. The van der Waals surface area contributed by atoms with E-state index in [9.17, 15) is 0 Å². The molecule has 0 saturated carbocycles. The molecule has 0 aliphatic carbocycles. The number of hydrogen-bond acceptors (Lipinski definition) is 3. The minimum atomic E-state index is 0.542. The first kappa shape index (κ1) is 38.8. The maximum Gasteiger partial charge on any atom is 0.238 e. The van der Waals surface area contributed by atoms with Crippen molar-refractivity contribution in [2.24, 2.45) is 0 Å². The quantitative estimate of drug-likeness (QED) is 0.160. The second-order valence-electron chi connectivity index (χ2n) is 17.6. The normalized spacial score (nSPS) is 11.8. The van der Waals surface area contributed by atoms with Crippen LogP contribution in [0.5, 0.6) is 0 Å². The van der Waals surface area contributed by atoms with Crippen LogP contribution >= 0.6 is 0 Å². The van der Waals surface area contributed by atoms with Crippen LogP contribution in [0, 0.1) is 0 Å². The Hall–Kier alpha value is -9.39. The highest BCUT2D eigenvalue weighted by Crippen LogP contribution is 2.46. The lowest BCUT2D eigenvalue weighted by Gasteiger charge is -2.15. The van der Waals surface area contributed by atoms with Gasteiger partial charge in [-0.15, -0.1) is 0 Å². The maximum absolute atomic E-state index is 5.52. The van der Waals surface area contributed by atoms with Gasteiger partial charge < -0.3 is 9.13 Å². The number of para-hydroxylation sites is 4. The number of rotatable bonds is 7. The van der Waals surface area contributed by atoms with Gasteiger partial charge in [-0.05, 0) is 70.8 Å². The number of benzene rings is 10. The number of hydrogen-bond donors (Lipinski definition) is 0. The van der Waals surface area contributed by atoms with E-state index in [1.165, 1.54) is 21.9 Å². The molecule has 10 aromatic carbocycles. The molecule has 14 rings (SSSR count). The molecule has 0 N–H and O–H groups in total. The van der Waals surface area contributed by atoms with E-state index in [1.807, 2.05) is 24.3 Å². The van der Waals surface area contributed by atoms with E-state index in [4.69, 9.17) is 15.0 Å². The lowest BCUT2D eigenvalue weighted by Crippen LogP contribution is -2.07. The van der Waals surface area contributed by atoms with Crippen molar-refractivity contribution in [3.8, 4) is 62.4 Å². The topological polar surface area (TPSA) is 53.5 Å². The minimum absolute atomic E-state index is 0.542. The largest absolute Gasteiger partial charge is 0.309 e. The van der Waals surface area contributed by atoms with Gasteiger partial charge >= 0.3 is 0 Å². The average Bonchev–Trinajstić information content (AvgIpc) is 4.07. The van der Waals surface area contributed by atoms with Crippen LogP contribution in [-0.4, -0.2) is 28.7 Å². The fourth-order valence-electron chi connectivity index (χ4n) is 10.6. The summed E-state index contributed by atoms with van der Waals surface area (Å²) in [5, 5.41) is 6.87. The molecule has 0 atom stereocenters. The Labute approximate surface area is 397 Å². The predicted octanol–water partition coefficient (Wildman–Crippen LogP) is 15.8. The summed E-state index contributed by atoms with van der Waals surface area (Å²) in [6.07, 6.45) is 0. The Bertz CT molecular complexity index is 4230. The van der Waals surface area contributed by atoms with Crippen LogP contribution in [0.1, 0.15) is 0 Å². The first-order chi connectivity index (χ1) is 34.2. The van der Waals surface area contributed by atoms with Crippen LogP contribution in [0.3, 0.4) is 0 Å². The Balaban J connectivity index is 1.14. The summed E-state index contributed by atoms with van der Waals surface area (Å²) >= 11 is 0. The highest BCUT2D eigenvalue weighted by Gasteiger charge is 2.27. The van der Waals surface area contributed by atoms with E-state index in [1.54, 1.807) is 0 Å². The molecule has 322 valence electrons. The third kappa shape index (κ3) is 6.16. The van der Waals surface area contributed by atoms with Crippen LogP contribution in [0.15, 0.2) is 243 Å². The molecule has 6 nitrogen and oxygen atoms in total. The van der Waals surface area contributed by atoms with Gasteiger partial charge in [-0.1, -0.05) is 194 Å². The number of aromatic nitrogens is 6. The predicted molar refractivity (Wildman–Crippen MR) is 285 cm³/mol. The molecular weight excluding hydrogens is 841 g/mol. The van der Waals surface area contributed by atoms with Crippen LogP contribution < -0.4 is 0 Å². The van der Waals surface area contributed by atoms with Gasteiger partial charge in [0.05, 0.1) is 38.8 Å². The van der Waals surface area contributed by atoms with Crippen LogP contribution in [0.2, 0.25) is 0 Å². The van der Waals surface area contributed by atoms with Crippen molar-refractivity contribution in [3.63, 3.8) is 0 Å². The summed E-state index contributed by atoms with van der Waals surface area (Å²) < 4.78 is 7.20. The van der Waals surface area contributed by atoms with Gasteiger partial charge in [-0.3, -0.25) is 4.57 Å². The molecule has 6 heteroatoms. The molecule has 0 bridgehead atoms. The average molecular weight is 881 g/mol. The molecule has 0 aliphatic rings. The van der Waals surface area contributed by atoms with Gasteiger partial charge in [0.1, 0.15) is 0 Å². The smallest absolute Gasteiger partial charge is 0.238 e. The maximum atomic E-state index is 5.52. The zero-order chi connectivity index (χ0) is 45.4. The summed E-state index contributed by atoms with van der Waals surface area (Å²) in [4.78, 5) is 16.2. The Morgan fingerprint density at radius 3 is 1.30 bits per heavy atom. The van der Waals surface area contributed by atoms with E-state index in [0.717, 1.165) is 88.3 Å². The molecule has 14 aromatic rings. The fourth-order valence-corrected chi connectivity index (χ4v) is 10.6. The van der Waals surface area contributed by atoms with Crippen molar-refractivity contribution >= 4 is 65.4 Å². The van der Waals surface area contributed by atoms with Gasteiger partial charge in [0.15, 0.2) is 11.6 Å². The molecule has 0 aliphatic heterocycles. The molecule has 0 saturated heterocycles. The van der Waals surface area contributed by atoms with E-state index < -0.39 is 0 Å².